The number of alkyl halides is 3. The lowest BCUT2D eigenvalue weighted by Crippen LogP contribution is -2.27. The third-order valence-electron chi connectivity index (χ3n) is 20.5. The number of pyridine rings is 4. The van der Waals surface area contributed by atoms with Crippen molar-refractivity contribution in [3.63, 3.8) is 0 Å². The molecule has 16 heterocycles. The van der Waals surface area contributed by atoms with Crippen molar-refractivity contribution in [2.45, 2.75) is 95.6 Å². The van der Waals surface area contributed by atoms with E-state index in [9.17, 15) is 51.5 Å². The van der Waals surface area contributed by atoms with E-state index in [1.807, 2.05) is 20.8 Å². The van der Waals surface area contributed by atoms with E-state index >= 15 is 0 Å². The van der Waals surface area contributed by atoms with Crippen molar-refractivity contribution >= 4 is 138 Å². The predicted molar refractivity (Wildman–Crippen MR) is 473 cm³/mol. The van der Waals surface area contributed by atoms with Crippen LogP contribution < -0.4 is 86.0 Å². The van der Waals surface area contributed by atoms with Crippen LogP contribution in [-0.2, 0) is 14.1 Å². The normalized spacial score (nSPS) is 16.3. The Morgan fingerprint density at radius 2 is 0.820 bits per heavy atom. The van der Waals surface area contributed by atoms with Gasteiger partial charge in [0, 0.05) is 158 Å². The number of nitrogens with zero attached hydrogens (tertiary/aromatic N) is 22. The Hall–Kier alpha value is -16.0. The molecule has 0 radical (unpaired) electrons. The Kier molecular flexibility index (Phi) is 23.0. The first-order valence-corrected chi connectivity index (χ1v) is 41.7. The highest BCUT2D eigenvalue weighted by molar-refractivity contribution is 7.14. The largest absolute Gasteiger partial charge is 0.373 e. The van der Waals surface area contributed by atoms with Crippen molar-refractivity contribution in [3.8, 4) is 21.8 Å². The Labute approximate surface area is 728 Å². The minimum atomic E-state index is -1.02. The molecule has 0 saturated heterocycles. The summed E-state index contributed by atoms with van der Waals surface area (Å²) in [5, 5.41) is 63.5. The van der Waals surface area contributed by atoms with E-state index in [-0.39, 0.29) is 67.8 Å². The number of nitrogens with one attached hydrogen (secondary N) is 12. The summed E-state index contributed by atoms with van der Waals surface area (Å²) in [4.78, 5) is 130. The second kappa shape index (κ2) is 35.0. The predicted octanol–water partition coefficient (Wildman–Crippen LogP) is 7.38. The average Bonchev–Trinajstić information content (AvgIpc) is 1.63. The Balaban J connectivity index is 0.000000120. The summed E-state index contributed by atoms with van der Waals surface area (Å²) < 4.78 is 54.8. The van der Waals surface area contributed by atoms with Gasteiger partial charge in [0.05, 0.1) is 54.8 Å². The highest BCUT2D eigenvalue weighted by Gasteiger charge is 2.42. The molecule has 47 heteroatoms. The van der Waals surface area contributed by atoms with E-state index in [0.29, 0.717) is 122 Å². The molecule has 6 atom stereocenters. The minimum absolute atomic E-state index is 0.203. The zero-order valence-electron chi connectivity index (χ0n) is 69.6. The number of amides is 4. The van der Waals surface area contributed by atoms with E-state index < -0.39 is 54.4 Å². The van der Waals surface area contributed by atoms with Crippen molar-refractivity contribution < 1.29 is 32.3 Å². The molecule has 4 saturated carbocycles. The van der Waals surface area contributed by atoms with Crippen LogP contribution in [0, 0.1) is 20.8 Å². The molecular formula is C81H81F3N34O8S2. The lowest BCUT2D eigenvalue weighted by atomic mass is 10.2. The number of carbonyl (C=O) groups excluding carboxylic acids is 4. The number of aromatic nitrogens is 22. The van der Waals surface area contributed by atoms with Crippen molar-refractivity contribution in [2.24, 2.45) is 14.1 Å². The molecule has 4 aliphatic rings. The fourth-order valence-electron chi connectivity index (χ4n) is 13.5. The van der Waals surface area contributed by atoms with Crippen molar-refractivity contribution in [3.05, 3.63) is 232 Å². The number of rotatable bonds is 24. The van der Waals surface area contributed by atoms with Gasteiger partial charge in [-0.2, -0.15) is 48.7 Å². The van der Waals surface area contributed by atoms with Gasteiger partial charge in [-0.1, -0.05) is 0 Å². The molecule has 16 aromatic rings. The molecule has 0 aliphatic heterocycles. The van der Waals surface area contributed by atoms with E-state index in [1.54, 1.807) is 184 Å². The highest BCUT2D eigenvalue weighted by atomic mass is 32.1. The average molecular weight is 1780 g/mol. The standard InChI is InChI=1S/2C21H22FN9O2.C20H20N8O2S.C19H17FN8O2S/c1-11-4-16(21(33)30(9-11)12-7-24-29(3)10-12)26-17-6-18(23-2)31-19(28-17)13(8-25-31)20(32)27-15-5-14(15)22;1-11-6-15(21(33)30(10-11)17-4-5-29(3)28-17)25-16-8-18(23-2)31-19(27-16)12(9-24-31)20(32)26-14-7-13(14)22;1-11-9-22-20(31-11)27-7-3-4-14(19(27)30)25-15-8-16(21-2)28-17(26-15)13(10-23-28)18(29)24-12-5-6-12;1-21-15-8-14(24-12-3-2-5-27(18(12)30)19-22-4-6-31-19)26-16-10(9-23-28(15)16)17(29)25-13-7-11(13)20/h4,6-10,14-15,23H,5H2,1-3H3,(H,26,28)(H,27,32);4-6,8-10,13-14,23H,7H2,1-3H3,(H,25,27)(H,26,32);3-4,7-10,12,21H,5-6H2,1-2H3,(H,24,29)(H,25,26);2-6,8-9,11,13,21H,7H2,1H3,(H,24,26)(H,25,29)/t14-,15+;13-,14+;;11-,13+/m11.1/s1. The third kappa shape index (κ3) is 17.8. The van der Waals surface area contributed by atoms with Gasteiger partial charge in [0.15, 0.2) is 38.7 Å². The maximum atomic E-state index is 13.2. The van der Waals surface area contributed by atoms with E-state index in [2.05, 4.69) is 124 Å². The molecule has 4 amide bonds. The van der Waals surface area contributed by atoms with Crippen LogP contribution in [-0.4, -0.2) is 201 Å². The van der Waals surface area contributed by atoms with Crippen LogP contribution in [0.15, 0.2) is 172 Å². The summed E-state index contributed by atoms with van der Waals surface area (Å²) >= 11 is 2.78. The molecule has 0 unspecified atom stereocenters. The van der Waals surface area contributed by atoms with Gasteiger partial charge >= 0.3 is 0 Å². The molecular weight excluding hydrogens is 1700 g/mol. The highest BCUT2D eigenvalue weighted by Crippen LogP contribution is 2.32. The van der Waals surface area contributed by atoms with Crippen molar-refractivity contribution in [2.75, 3.05) is 70.7 Å². The van der Waals surface area contributed by atoms with Gasteiger partial charge in [-0.15, -0.1) is 22.7 Å². The lowest BCUT2D eigenvalue weighted by Gasteiger charge is -2.12. The fourth-order valence-corrected chi connectivity index (χ4v) is 14.9. The van der Waals surface area contributed by atoms with E-state index in [0.717, 1.165) is 28.8 Å². The SMILES string of the molecule is CNc1cc(Nc2cc(C)cn(-c3ccn(C)n3)c2=O)nc2c(C(=O)N[C@H]3C[C@H]3F)cnn12.CNc1cc(Nc2cc(C)cn(-c3cnn(C)c3)c2=O)nc2c(C(=O)N[C@H]3C[C@H]3F)cnn12.CNc1cc(Nc2cccn(-c3ncc(C)s3)c2=O)nc2c(C(=O)NC3CC3)cnn12.CNc1cc(Nc2cccn(-c3nccs3)c2=O)nc2c(C(=O)N[C@H]3C[C@H]3F)cnn12. The van der Waals surface area contributed by atoms with Crippen molar-refractivity contribution in [1.29, 1.82) is 0 Å². The van der Waals surface area contributed by atoms with Gasteiger partial charge in [0.2, 0.25) is 0 Å². The molecule has 16 aromatic heterocycles. The zero-order valence-corrected chi connectivity index (χ0v) is 71.2. The number of halogens is 3. The summed E-state index contributed by atoms with van der Waals surface area (Å²) in [6, 6.07) is 17.5. The number of anilines is 12. The van der Waals surface area contributed by atoms with Crippen LogP contribution in [0.4, 0.5) is 82.5 Å². The summed E-state index contributed by atoms with van der Waals surface area (Å²) in [5.74, 6) is 2.68. The van der Waals surface area contributed by atoms with Crippen molar-refractivity contribution in [1.82, 2.24) is 127 Å². The molecule has 656 valence electrons. The van der Waals surface area contributed by atoms with E-state index in [4.69, 9.17) is 0 Å². The zero-order chi connectivity index (χ0) is 89.6. The number of carbonyl (C=O) groups is 4. The Morgan fingerprint density at radius 3 is 1.17 bits per heavy atom. The molecule has 128 heavy (non-hydrogen) atoms. The van der Waals surface area contributed by atoms with Gasteiger partial charge in [-0.05, 0) is 81.1 Å². The van der Waals surface area contributed by atoms with Crippen LogP contribution >= 0.6 is 22.7 Å². The molecule has 4 aliphatic carbocycles. The number of hydrogen-bond acceptors (Lipinski definition) is 30. The molecule has 42 nitrogen and oxygen atoms in total. The van der Waals surface area contributed by atoms with Gasteiger partial charge < -0.3 is 63.8 Å². The second-order valence-electron chi connectivity index (χ2n) is 30.2. The third-order valence-corrected chi connectivity index (χ3v) is 22.2. The van der Waals surface area contributed by atoms with Crippen LogP contribution in [0.25, 0.3) is 44.4 Å². The summed E-state index contributed by atoms with van der Waals surface area (Å²) in [6.07, 6.45) is 20.7. The van der Waals surface area contributed by atoms with Crippen LogP contribution in [0.3, 0.4) is 0 Å². The number of aryl methyl sites for hydroxylation is 5. The first kappa shape index (κ1) is 84.3. The maximum absolute atomic E-state index is 13.2. The molecule has 0 aromatic carbocycles. The Morgan fingerprint density at radius 1 is 0.430 bits per heavy atom. The quantitative estimate of drug-likeness (QED) is 0.0280. The molecule has 0 spiro atoms. The molecule has 4 fully saturated rings. The molecule has 20 rings (SSSR count). The van der Waals surface area contributed by atoms with Gasteiger partial charge in [0.1, 0.15) is 110 Å². The van der Waals surface area contributed by atoms with E-state index in [1.165, 1.54) is 79.3 Å². The van der Waals surface area contributed by atoms with Gasteiger partial charge in [0.25, 0.3) is 45.9 Å². The Bertz CT molecular complexity index is 7040. The monoisotopic (exact) mass is 1780 g/mol. The van der Waals surface area contributed by atoms with Crippen LogP contribution in [0.2, 0.25) is 0 Å². The first-order chi connectivity index (χ1) is 61.7. The number of fused-ring (bicyclic) bond motifs is 4. The molecule has 12 N–H and O–H groups in total. The van der Waals surface area contributed by atoms with Crippen LogP contribution in [0.1, 0.15) is 89.5 Å². The maximum Gasteiger partial charge on any atom is 0.280 e. The summed E-state index contributed by atoms with van der Waals surface area (Å²) in [6.45, 7) is 5.69. The molecule has 0 bridgehead atoms. The van der Waals surface area contributed by atoms with Gasteiger partial charge in [-0.3, -0.25) is 66.0 Å². The minimum Gasteiger partial charge on any atom is -0.373 e. The number of thiazole rings is 2. The van der Waals surface area contributed by atoms with Gasteiger partial charge in [-0.25, -0.2) is 43.1 Å². The number of hydrogen-bond donors (Lipinski definition) is 12. The lowest BCUT2D eigenvalue weighted by molar-refractivity contribution is 0.0940. The summed E-state index contributed by atoms with van der Waals surface area (Å²) in [5.41, 5.74) is 4.70. The van der Waals surface area contributed by atoms with Crippen LogP contribution in [0.5, 0.6) is 0 Å². The summed E-state index contributed by atoms with van der Waals surface area (Å²) in [7, 11) is 10.4. The first-order valence-electron chi connectivity index (χ1n) is 40.0. The topological polar surface area (TPSA) is 483 Å². The second-order valence-corrected chi connectivity index (χ2v) is 32.3. The smallest absolute Gasteiger partial charge is 0.280 e. The fraction of sp³-hybridized carbons (Fsp3) is 0.259.